The van der Waals surface area contributed by atoms with Gasteiger partial charge in [0.15, 0.2) is 0 Å². The van der Waals surface area contributed by atoms with Crippen LogP contribution >= 0.6 is 0 Å². The highest BCUT2D eigenvalue weighted by atomic mass is 32.2. The third kappa shape index (κ3) is 3.75. The van der Waals surface area contributed by atoms with Crippen LogP contribution in [-0.2, 0) is 10.0 Å². The van der Waals surface area contributed by atoms with Gasteiger partial charge in [0.25, 0.3) is 0 Å². The molecular formula is C24H25NO2S. The fourth-order valence-corrected chi connectivity index (χ4v) is 5.72. The predicted octanol–water partition coefficient (Wildman–Crippen LogP) is 5.30. The van der Waals surface area contributed by atoms with Crippen molar-refractivity contribution in [2.45, 2.75) is 36.6 Å². The molecule has 3 aromatic carbocycles. The van der Waals surface area contributed by atoms with E-state index in [-0.39, 0.29) is 6.04 Å². The maximum atomic E-state index is 13.5. The number of aryl methyl sites for hydroxylation is 1. The lowest BCUT2D eigenvalue weighted by Crippen LogP contribution is -2.40. The minimum Gasteiger partial charge on any atom is -0.207 e. The van der Waals surface area contributed by atoms with E-state index in [2.05, 4.69) is 24.3 Å². The summed E-state index contributed by atoms with van der Waals surface area (Å²) in [6, 6.07) is 27.5. The molecule has 2 atom stereocenters. The predicted molar refractivity (Wildman–Crippen MR) is 113 cm³/mol. The van der Waals surface area contributed by atoms with Crippen molar-refractivity contribution in [1.82, 2.24) is 4.31 Å². The standard InChI is InChI=1S/C24H25NO2S/c1-19-12-14-23(15-13-19)28(26,27)25-17-16-22(20-8-4-2-5-9-20)18-24(25)21-10-6-3-7-11-21/h2-15,22,24H,16-18H2,1H3. The summed E-state index contributed by atoms with van der Waals surface area (Å²) in [5.41, 5.74) is 3.40. The zero-order valence-corrected chi connectivity index (χ0v) is 16.8. The number of sulfonamides is 1. The first kappa shape index (κ1) is 18.9. The van der Waals surface area contributed by atoms with Crippen molar-refractivity contribution in [2.24, 2.45) is 0 Å². The van der Waals surface area contributed by atoms with Gasteiger partial charge >= 0.3 is 0 Å². The Morgan fingerprint density at radius 3 is 1.96 bits per heavy atom. The monoisotopic (exact) mass is 391 g/mol. The second-order valence-electron chi connectivity index (χ2n) is 7.49. The Morgan fingerprint density at radius 1 is 0.786 bits per heavy atom. The van der Waals surface area contributed by atoms with Crippen molar-refractivity contribution >= 4 is 10.0 Å². The van der Waals surface area contributed by atoms with Crippen LogP contribution in [0.4, 0.5) is 0 Å². The molecule has 1 aliphatic heterocycles. The molecule has 3 aromatic rings. The summed E-state index contributed by atoms with van der Waals surface area (Å²) in [6.07, 6.45) is 1.62. The zero-order chi connectivity index (χ0) is 19.6. The van der Waals surface area contributed by atoms with E-state index >= 15 is 0 Å². The Labute approximate surface area is 167 Å². The second-order valence-corrected chi connectivity index (χ2v) is 9.38. The lowest BCUT2D eigenvalue weighted by molar-refractivity contribution is 0.234. The van der Waals surface area contributed by atoms with E-state index in [4.69, 9.17) is 0 Å². The molecule has 0 aromatic heterocycles. The fraction of sp³-hybridized carbons (Fsp3) is 0.250. The number of benzene rings is 3. The Kier molecular flexibility index (Phi) is 5.33. The second kappa shape index (κ2) is 7.90. The summed E-state index contributed by atoms with van der Waals surface area (Å²) < 4.78 is 28.6. The largest absolute Gasteiger partial charge is 0.243 e. The third-order valence-corrected chi connectivity index (χ3v) is 7.56. The molecule has 0 bridgehead atoms. The van der Waals surface area contributed by atoms with Crippen LogP contribution in [0.25, 0.3) is 0 Å². The normalized spacial score (nSPS) is 20.8. The number of nitrogens with zero attached hydrogens (tertiary/aromatic N) is 1. The summed E-state index contributed by atoms with van der Waals surface area (Å²) in [7, 11) is -3.55. The molecule has 0 N–H and O–H groups in total. The van der Waals surface area contributed by atoms with Crippen molar-refractivity contribution in [3.63, 3.8) is 0 Å². The molecule has 1 heterocycles. The molecule has 4 rings (SSSR count). The number of piperidine rings is 1. The van der Waals surface area contributed by atoms with Crippen molar-refractivity contribution in [3.05, 3.63) is 102 Å². The lowest BCUT2D eigenvalue weighted by atomic mass is 9.84. The van der Waals surface area contributed by atoms with Gasteiger partial charge in [0.1, 0.15) is 0 Å². The Morgan fingerprint density at radius 2 is 1.36 bits per heavy atom. The van der Waals surface area contributed by atoms with Crippen LogP contribution in [0.15, 0.2) is 89.8 Å². The molecule has 4 heteroatoms. The fourth-order valence-electron chi connectivity index (χ4n) is 4.08. The molecule has 1 aliphatic rings. The van der Waals surface area contributed by atoms with Crippen molar-refractivity contribution < 1.29 is 8.42 Å². The van der Waals surface area contributed by atoms with Gasteiger partial charge in [0.2, 0.25) is 10.0 Å². The molecule has 2 unspecified atom stereocenters. The Hall–Kier alpha value is -2.43. The Bertz CT molecular complexity index is 1020. The van der Waals surface area contributed by atoms with Gasteiger partial charge in [-0.05, 0) is 48.9 Å². The number of hydrogen-bond donors (Lipinski definition) is 0. The van der Waals surface area contributed by atoms with Crippen LogP contribution in [0, 0.1) is 6.92 Å². The quantitative estimate of drug-likeness (QED) is 0.605. The molecule has 1 saturated heterocycles. The molecule has 1 fully saturated rings. The highest BCUT2D eigenvalue weighted by Crippen LogP contribution is 2.41. The highest BCUT2D eigenvalue weighted by Gasteiger charge is 2.38. The first-order chi connectivity index (χ1) is 13.6. The molecule has 28 heavy (non-hydrogen) atoms. The third-order valence-electron chi connectivity index (χ3n) is 5.64. The van der Waals surface area contributed by atoms with Gasteiger partial charge < -0.3 is 0 Å². The van der Waals surface area contributed by atoms with Crippen molar-refractivity contribution in [3.8, 4) is 0 Å². The SMILES string of the molecule is Cc1ccc(S(=O)(=O)N2CCC(c3ccccc3)CC2c2ccccc2)cc1. The van der Waals surface area contributed by atoms with E-state index in [0.717, 1.165) is 24.0 Å². The van der Waals surface area contributed by atoms with Gasteiger partial charge in [-0.2, -0.15) is 4.31 Å². The maximum absolute atomic E-state index is 13.5. The zero-order valence-electron chi connectivity index (χ0n) is 16.0. The lowest BCUT2D eigenvalue weighted by Gasteiger charge is -2.39. The molecule has 0 radical (unpaired) electrons. The van der Waals surface area contributed by atoms with Crippen LogP contribution < -0.4 is 0 Å². The average Bonchev–Trinajstić information content (AvgIpc) is 2.75. The number of hydrogen-bond acceptors (Lipinski definition) is 2. The minimum absolute atomic E-state index is 0.161. The van der Waals surface area contributed by atoms with E-state index in [1.807, 2.05) is 55.5 Å². The molecule has 144 valence electrons. The van der Waals surface area contributed by atoms with E-state index in [1.54, 1.807) is 16.4 Å². The molecule has 0 aliphatic carbocycles. The molecule has 3 nitrogen and oxygen atoms in total. The number of rotatable bonds is 4. The smallest absolute Gasteiger partial charge is 0.207 e. The minimum atomic E-state index is -3.55. The van der Waals surface area contributed by atoms with Gasteiger partial charge in [-0.15, -0.1) is 0 Å². The van der Waals surface area contributed by atoms with Crippen LogP contribution in [0.5, 0.6) is 0 Å². The van der Waals surface area contributed by atoms with Crippen LogP contribution in [0.2, 0.25) is 0 Å². The van der Waals surface area contributed by atoms with Crippen LogP contribution in [-0.4, -0.2) is 19.3 Å². The average molecular weight is 392 g/mol. The summed E-state index contributed by atoms with van der Waals surface area (Å²) in [5, 5.41) is 0. The molecular weight excluding hydrogens is 366 g/mol. The summed E-state index contributed by atoms with van der Waals surface area (Å²) in [4.78, 5) is 0.372. The van der Waals surface area contributed by atoms with E-state index in [1.165, 1.54) is 5.56 Å². The Balaban J connectivity index is 1.71. The van der Waals surface area contributed by atoms with Gasteiger partial charge in [-0.3, -0.25) is 0 Å². The summed E-state index contributed by atoms with van der Waals surface area (Å²) >= 11 is 0. The van der Waals surface area contributed by atoms with Gasteiger partial charge in [-0.1, -0.05) is 78.4 Å². The van der Waals surface area contributed by atoms with Gasteiger partial charge in [0, 0.05) is 6.54 Å². The first-order valence-corrected chi connectivity index (χ1v) is 11.2. The van der Waals surface area contributed by atoms with Gasteiger partial charge in [0.05, 0.1) is 10.9 Å². The highest BCUT2D eigenvalue weighted by molar-refractivity contribution is 7.89. The van der Waals surface area contributed by atoms with E-state index < -0.39 is 10.0 Å². The van der Waals surface area contributed by atoms with Crippen LogP contribution in [0.3, 0.4) is 0 Å². The summed E-state index contributed by atoms with van der Waals surface area (Å²) in [6.45, 7) is 2.49. The van der Waals surface area contributed by atoms with Gasteiger partial charge in [-0.25, -0.2) is 8.42 Å². The topological polar surface area (TPSA) is 37.4 Å². The van der Waals surface area contributed by atoms with Crippen LogP contribution in [0.1, 0.15) is 41.5 Å². The van der Waals surface area contributed by atoms with E-state index in [9.17, 15) is 8.42 Å². The van der Waals surface area contributed by atoms with Crippen molar-refractivity contribution in [2.75, 3.05) is 6.54 Å². The first-order valence-electron chi connectivity index (χ1n) is 9.74. The van der Waals surface area contributed by atoms with E-state index in [0.29, 0.717) is 17.4 Å². The molecule has 0 amide bonds. The maximum Gasteiger partial charge on any atom is 0.243 e. The molecule has 0 saturated carbocycles. The molecule has 0 spiro atoms. The van der Waals surface area contributed by atoms with Crippen molar-refractivity contribution in [1.29, 1.82) is 0 Å². The summed E-state index contributed by atoms with van der Waals surface area (Å²) in [5.74, 6) is 0.357.